The lowest BCUT2D eigenvalue weighted by Crippen LogP contribution is -1.98. The number of benzene rings is 3. The fourth-order valence-corrected chi connectivity index (χ4v) is 3.65. The Hall–Kier alpha value is -3.89. The molecule has 5 heteroatoms. The Morgan fingerprint density at radius 2 is 1.69 bits per heavy atom. The van der Waals surface area contributed by atoms with Crippen molar-refractivity contribution in [3.8, 4) is 5.75 Å². The summed E-state index contributed by atoms with van der Waals surface area (Å²) in [6, 6.07) is 29.9. The number of nitrogens with zero attached hydrogens (tertiary/aromatic N) is 2. The molecule has 0 fully saturated rings. The van der Waals surface area contributed by atoms with E-state index >= 15 is 0 Å². The van der Waals surface area contributed by atoms with Crippen molar-refractivity contribution in [1.29, 1.82) is 0 Å². The zero-order valence-electron chi connectivity index (χ0n) is 17.2. The number of hydrogen-bond acceptors (Lipinski definition) is 3. The largest absolute Gasteiger partial charge is 0.487 e. The molecule has 156 valence electrons. The van der Waals surface area contributed by atoms with E-state index in [-0.39, 0.29) is 0 Å². The van der Waals surface area contributed by atoms with Crippen LogP contribution in [0.4, 0.5) is 0 Å². The number of rotatable bonds is 6. The summed E-state index contributed by atoms with van der Waals surface area (Å²) in [4.78, 5) is 4.67. The number of aromatic nitrogens is 3. The summed E-state index contributed by atoms with van der Waals surface area (Å²) in [5.41, 5.74) is 5.96. The normalized spacial score (nSPS) is 11.6. The van der Waals surface area contributed by atoms with Crippen LogP contribution in [0.2, 0.25) is 5.02 Å². The highest BCUT2D eigenvalue weighted by molar-refractivity contribution is 6.30. The first-order valence-electron chi connectivity index (χ1n) is 10.3. The molecule has 0 bridgehead atoms. The molecular formula is C27H20ClN3O. The van der Waals surface area contributed by atoms with Crippen molar-refractivity contribution in [3.05, 3.63) is 125 Å². The lowest BCUT2D eigenvalue weighted by atomic mass is 10.00. The molecule has 0 saturated heterocycles. The SMILES string of the molecule is Clc1ccc(/C=C(\c2ccc(OCc3ccc4ccccc4n3)cc2)c2ccn[nH]2)cc1. The molecule has 2 heterocycles. The number of nitrogens with one attached hydrogen (secondary N) is 1. The molecule has 0 aliphatic rings. The van der Waals surface area contributed by atoms with Gasteiger partial charge in [0.25, 0.3) is 0 Å². The summed E-state index contributed by atoms with van der Waals surface area (Å²) in [5, 5.41) is 9.01. The van der Waals surface area contributed by atoms with Crippen molar-refractivity contribution in [3.63, 3.8) is 0 Å². The summed E-state index contributed by atoms with van der Waals surface area (Å²) in [6.45, 7) is 0.415. The Morgan fingerprint density at radius 3 is 2.47 bits per heavy atom. The van der Waals surface area contributed by atoms with Crippen molar-refractivity contribution in [2.45, 2.75) is 6.61 Å². The van der Waals surface area contributed by atoms with Gasteiger partial charge in [-0.3, -0.25) is 5.10 Å². The number of pyridine rings is 1. The molecule has 0 spiro atoms. The van der Waals surface area contributed by atoms with Crippen LogP contribution in [0.1, 0.15) is 22.5 Å². The average Bonchev–Trinajstić information content (AvgIpc) is 3.37. The van der Waals surface area contributed by atoms with Crippen LogP contribution in [0.25, 0.3) is 22.6 Å². The number of aromatic amines is 1. The fraction of sp³-hybridized carbons (Fsp3) is 0.0370. The molecule has 0 unspecified atom stereocenters. The second kappa shape index (κ2) is 9.08. The van der Waals surface area contributed by atoms with E-state index in [4.69, 9.17) is 16.3 Å². The van der Waals surface area contributed by atoms with Gasteiger partial charge in [0.1, 0.15) is 12.4 Å². The second-order valence-electron chi connectivity index (χ2n) is 7.39. The molecule has 3 aromatic carbocycles. The molecule has 5 rings (SSSR count). The smallest absolute Gasteiger partial charge is 0.130 e. The molecule has 0 aliphatic carbocycles. The lowest BCUT2D eigenvalue weighted by Gasteiger charge is -2.10. The van der Waals surface area contributed by atoms with Crippen LogP contribution in [0.15, 0.2) is 97.2 Å². The number of H-pyrrole nitrogens is 1. The van der Waals surface area contributed by atoms with Gasteiger partial charge in [0, 0.05) is 22.2 Å². The molecule has 0 saturated carbocycles. The zero-order valence-corrected chi connectivity index (χ0v) is 18.0. The summed E-state index contributed by atoms with van der Waals surface area (Å²) < 4.78 is 5.98. The van der Waals surface area contributed by atoms with Crippen LogP contribution < -0.4 is 4.74 Å². The topological polar surface area (TPSA) is 50.8 Å². The van der Waals surface area contributed by atoms with Gasteiger partial charge >= 0.3 is 0 Å². The van der Waals surface area contributed by atoms with E-state index in [1.54, 1.807) is 6.20 Å². The van der Waals surface area contributed by atoms with Crippen molar-refractivity contribution in [1.82, 2.24) is 15.2 Å². The number of hydrogen-bond donors (Lipinski definition) is 1. The number of fused-ring (bicyclic) bond motifs is 1. The van der Waals surface area contributed by atoms with Crippen LogP contribution in [0.3, 0.4) is 0 Å². The van der Waals surface area contributed by atoms with Crippen LogP contribution in [-0.4, -0.2) is 15.2 Å². The Labute approximate surface area is 191 Å². The predicted octanol–water partition coefficient (Wildman–Crippen LogP) is 6.78. The number of para-hydroxylation sites is 1. The summed E-state index contributed by atoms with van der Waals surface area (Å²) in [5.74, 6) is 0.791. The van der Waals surface area contributed by atoms with E-state index in [9.17, 15) is 0 Å². The quantitative estimate of drug-likeness (QED) is 0.298. The lowest BCUT2D eigenvalue weighted by molar-refractivity contribution is 0.302. The van der Waals surface area contributed by atoms with E-state index < -0.39 is 0 Å². The van der Waals surface area contributed by atoms with Gasteiger partial charge in [-0.1, -0.05) is 60.1 Å². The van der Waals surface area contributed by atoms with E-state index in [0.29, 0.717) is 11.6 Å². The average molecular weight is 438 g/mol. The first-order valence-corrected chi connectivity index (χ1v) is 10.7. The minimum atomic E-state index is 0.415. The van der Waals surface area contributed by atoms with Crippen molar-refractivity contribution < 1.29 is 4.74 Å². The molecule has 5 aromatic rings. The maximum atomic E-state index is 6.03. The van der Waals surface area contributed by atoms with Gasteiger partial charge in [0.05, 0.1) is 16.9 Å². The van der Waals surface area contributed by atoms with E-state index in [0.717, 1.165) is 44.7 Å². The second-order valence-corrected chi connectivity index (χ2v) is 7.82. The highest BCUT2D eigenvalue weighted by atomic mass is 35.5. The Balaban J connectivity index is 1.36. The van der Waals surface area contributed by atoms with Gasteiger partial charge in [-0.15, -0.1) is 0 Å². The van der Waals surface area contributed by atoms with E-state index in [2.05, 4.69) is 33.4 Å². The molecule has 2 aromatic heterocycles. The maximum absolute atomic E-state index is 6.03. The Bertz CT molecular complexity index is 1360. The Kier molecular flexibility index (Phi) is 5.69. The molecule has 0 aliphatic heterocycles. The maximum Gasteiger partial charge on any atom is 0.130 e. The summed E-state index contributed by atoms with van der Waals surface area (Å²) >= 11 is 6.03. The van der Waals surface area contributed by atoms with Gasteiger partial charge in [0.15, 0.2) is 0 Å². The molecular weight excluding hydrogens is 418 g/mol. The summed E-state index contributed by atoms with van der Waals surface area (Å²) in [7, 11) is 0. The third-order valence-corrected chi connectivity index (χ3v) is 5.43. The van der Waals surface area contributed by atoms with Gasteiger partial charge in [-0.25, -0.2) is 4.98 Å². The molecule has 32 heavy (non-hydrogen) atoms. The monoisotopic (exact) mass is 437 g/mol. The molecule has 1 N–H and O–H groups in total. The third kappa shape index (κ3) is 4.56. The number of halogens is 1. The van der Waals surface area contributed by atoms with E-state index in [1.807, 2.05) is 78.9 Å². The first kappa shape index (κ1) is 20.0. The minimum absolute atomic E-state index is 0.415. The van der Waals surface area contributed by atoms with E-state index in [1.165, 1.54) is 0 Å². The highest BCUT2D eigenvalue weighted by Crippen LogP contribution is 2.27. The molecule has 0 atom stereocenters. The van der Waals surface area contributed by atoms with Gasteiger partial charge in [-0.2, -0.15) is 5.10 Å². The van der Waals surface area contributed by atoms with Gasteiger partial charge in [0.2, 0.25) is 0 Å². The Morgan fingerprint density at radius 1 is 0.875 bits per heavy atom. The standard InChI is InChI=1S/C27H20ClN3O/c28-22-10-5-19(6-11-22)17-25(27-15-16-29-31-27)20-8-13-24(14-9-20)32-18-23-12-7-21-3-1-2-4-26(21)30-23/h1-17H,18H2,(H,29,31)/b25-17+. The van der Waals surface area contributed by atoms with Crippen LogP contribution in [-0.2, 0) is 6.61 Å². The predicted molar refractivity (Wildman–Crippen MR) is 130 cm³/mol. The van der Waals surface area contributed by atoms with Crippen LogP contribution in [0, 0.1) is 0 Å². The zero-order chi connectivity index (χ0) is 21.8. The van der Waals surface area contributed by atoms with Crippen molar-refractivity contribution in [2.24, 2.45) is 0 Å². The van der Waals surface area contributed by atoms with Gasteiger partial charge in [-0.05, 0) is 59.7 Å². The minimum Gasteiger partial charge on any atom is -0.487 e. The van der Waals surface area contributed by atoms with Crippen LogP contribution >= 0.6 is 11.6 Å². The first-order chi connectivity index (χ1) is 15.7. The molecule has 4 nitrogen and oxygen atoms in total. The van der Waals surface area contributed by atoms with Crippen LogP contribution in [0.5, 0.6) is 5.75 Å². The number of ether oxygens (including phenoxy) is 1. The molecule has 0 radical (unpaired) electrons. The fourth-order valence-electron chi connectivity index (χ4n) is 3.52. The van der Waals surface area contributed by atoms with Crippen molar-refractivity contribution >= 4 is 34.2 Å². The highest BCUT2D eigenvalue weighted by Gasteiger charge is 2.08. The third-order valence-electron chi connectivity index (χ3n) is 5.18. The molecule has 0 amide bonds. The summed E-state index contributed by atoms with van der Waals surface area (Å²) in [6.07, 6.45) is 3.86. The van der Waals surface area contributed by atoms with Gasteiger partial charge < -0.3 is 4.74 Å². The van der Waals surface area contributed by atoms with Crippen molar-refractivity contribution in [2.75, 3.05) is 0 Å².